The summed E-state index contributed by atoms with van der Waals surface area (Å²) in [5.41, 5.74) is 2.07. The molecule has 1 amide bonds. The Morgan fingerprint density at radius 2 is 1.81 bits per heavy atom. The Hall–Kier alpha value is -2.45. The summed E-state index contributed by atoms with van der Waals surface area (Å²) < 4.78 is 5.38. The first-order valence-corrected chi connectivity index (χ1v) is 9.89. The summed E-state index contributed by atoms with van der Waals surface area (Å²) in [7, 11) is 1.58. The second-order valence-electron chi connectivity index (χ2n) is 7.19. The molecule has 4 nitrogen and oxygen atoms in total. The van der Waals surface area contributed by atoms with Gasteiger partial charge in [-0.2, -0.15) is 5.26 Å². The van der Waals surface area contributed by atoms with Crippen LogP contribution in [0.4, 0.5) is 5.69 Å². The van der Waals surface area contributed by atoms with E-state index < -0.39 is 0 Å². The first-order valence-electron chi connectivity index (χ1n) is 8.90. The number of rotatable bonds is 7. The molecule has 0 spiro atoms. The molecule has 0 atom stereocenters. The second-order valence-corrected chi connectivity index (χ2v) is 8.24. The Morgan fingerprint density at radius 1 is 1.15 bits per heavy atom. The topological polar surface area (TPSA) is 53.3 Å². The number of carbonyl (C=O) groups excluding carboxylic acids is 1. The molecule has 0 fully saturated rings. The van der Waals surface area contributed by atoms with Gasteiger partial charge in [-0.3, -0.25) is 4.79 Å². The molecule has 2 aromatic rings. The summed E-state index contributed by atoms with van der Waals surface area (Å²) in [6.07, 6.45) is 0.273. The van der Waals surface area contributed by atoms with E-state index in [2.05, 4.69) is 51.1 Å². The third kappa shape index (κ3) is 5.77. The summed E-state index contributed by atoms with van der Waals surface area (Å²) in [5, 5.41) is 8.95. The summed E-state index contributed by atoms with van der Waals surface area (Å²) in [4.78, 5) is 15.5. The van der Waals surface area contributed by atoms with E-state index in [0.29, 0.717) is 23.7 Å². The van der Waals surface area contributed by atoms with E-state index >= 15 is 0 Å². The monoisotopic (exact) mass is 382 g/mol. The van der Waals surface area contributed by atoms with Crippen molar-refractivity contribution in [1.29, 1.82) is 5.26 Å². The van der Waals surface area contributed by atoms with E-state index in [9.17, 15) is 4.79 Å². The number of ether oxygens (including phenoxy) is 1. The van der Waals surface area contributed by atoms with Gasteiger partial charge in [-0.1, -0.05) is 45.0 Å². The molecule has 0 radical (unpaired) electrons. The van der Waals surface area contributed by atoms with Crippen LogP contribution in [0.3, 0.4) is 0 Å². The van der Waals surface area contributed by atoms with Crippen molar-refractivity contribution < 1.29 is 9.53 Å². The van der Waals surface area contributed by atoms with Gasteiger partial charge in [0.2, 0.25) is 5.91 Å². The van der Waals surface area contributed by atoms with Crippen molar-refractivity contribution in [3.63, 3.8) is 0 Å². The molecule has 0 aromatic heterocycles. The minimum atomic E-state index is -0.0420. The SMILES string of the molecule is COc1ccccc1N(CCC#N)C(=O)CSc1ccc(C(C)(C)C)cc1. The highest BCUT2D eigenvalue weighted by Crippen LogP contribution is 2.30. The fourth-order valence-corrected chi connectivity index (χ4v) is 3.44. The Bertz CT molecular complexity index is 804. The van der Waals surface area contributed by atoms with Crippen LogP contribution in [0.25, 0.3) is 0 Å². The van der Waals surface area contributed by atoms with Crippen molar-refractivity contribution in [1.82, 2.24) is 0 Å². The molecule has 0 bridgehead atoms. The Morgan fingerprint density at radius 3 is 2.41 bits per heavy atom. The zero-order chi connectivity index (χ0) is 19.9. The Kier molecular flexibility index (Phi) is 7.32. The van der Waals surface area contributed by atoms with Gasteiger partial charge in [-0.25, -0.2) is 0 Å². The van der Waals surface area contributed by atoms with Crippen LogP contribution in [0.5, 0.6) is 5.75 Å². The van der Waals surface area contributed by atoms with Crippen LogP contribution in [0.15, 0.2) is 53.4 Å². The lowest BCUT2D eigenvalue weighted by Gasteiger charge is -2.23. The third-order valence-electron chi connectivity index (χ3n) is 4.21. The highest BCUT2D eigenvalue weighted by Gasteiger charge is 2.19. The lowest BCUT2D eigenvalue weighted by molar-refractivity contribution is -0.116. The van der Waals surface area contributed by atoms with Crippen LogP contribution in [0.1, 0.15) is 32.8 Å². The van der Waals surface area contributed by atoms with Gasteiger partial charge in [-0.15, -0.1) is 11.8 Å². The maximum absolute atomic E-state index is 12.9. The summed E-state index contributed by atoms with van der Waals surface area (Å²) in [6, 6.07) is 17.8. The molecular weight excluding hydrogens is 356 g/mol. The molecule has 0 saturated carbocycles. The Labute approximate surface area is 166 Å². The van der Waals surface area contributed by atoms with Crippen LogP contribution < -0.4 is 9.64 Å². The van der Waals surface area contributed by atoms with Crippen LogP contribution in [0, 0.1) is 11.3 Å². The van der Waals surface area contributed by atoms with E-state index in [-0.39, 0.29) is 17.7 Å². The Balaban J connectivity index is 2.11. The van der Waals surface area contributed by atoms with Crippen molar-refractivity contribution >= 4 is 23.4 Å². The molecule has 0 aliphatic heterocycles. The number of anilines is 1. The van der Waals surface area contributed by atoms with Crippen molar-refractivity contribution in [2.24, 2.45) is 0 Å². The molecule has 0 aliphatic carbocycles. The van der Waals surface area contributed by atoms with E-state index in [1.807, 2.05) is 24.3 Å². The number of nitriles is 1. The summed E-state index contributed by atoms with van der Waals surface area (Å²) >= 11 is 1.50. The molecule has 2 aromatic carbocycles. The predicted molar refractivity (Wildman–Crippen MR) is 111 cm³/mol. The molecule has 142 valence electrons. The molecular formula is C22H26N2O2S. The maximum atomic E-state index is 12.9. The highest BCUT2D eigenvalue weighted by molar-refractivity contribution is 8.00. The van der Waals surface area contributed by atoms with Gasteiger partial charge in [0.25, 0.3) is 0 Å². The lowest BCUT2D eigenvalue weighted by Crippen LogP contribution is -2.33. The highest BCUT2D eigenvalue weighted by atomic mass is 32.2. The van der Waals surface area contributed by atoms with Crippen LogP contribution in [-0.2, 0) is 10.2 Å². The number of methoxy groups -OCH3 is 1. The normalized spacial score (nSPS) is 10.9. The van der Waals surface area contributed by atoms with Gasteiger partial charge in [0, 0.05) is 11.4 Å². The average Bonchev–Trinajstić information content (AvgIpc) is 2.66. The number of para-hydroxylation sites is 2. The van der Waals surface area contributed by atoms with Gasteiger partial charge < -0.3 is 9.64 Å². The largest absolute Gasteiger partial charge is 0.495 e. The van der Waals surface area contributed by atoms with Crippen LogP contribution in [0.2, 0.25) is 0 Å². The zero-order valence-corrected chi connectivity index (χ0v) is 17.2. The van der Waals surface area contributed by atoms with Crippen molar-refractivity contribution in [2.75, 3.05) is 24.3 Å². The smallest absolute Gasteiger partial charge is 0.237 e. The average molecular weight is 383 g/mol. The van der Waals surface area contributed by atoms with Crippen molar-refractivity contribution in [3.05, 3.63) is 54.1 Å². The summed E-state index contributed by atoms with van der Waals surface area (Å²) in [6.45, 7) is 6.89. The van der Waals surface area contributed by atoms with Gasteiger partial charge in [0.1, 0.15) is 5.75 Å². The summed E-state index contributed by atoms with van der Waals surface area (Å²) in [5.74, 6) is 0.890. The quantitative estimate of drug-likeness (QED) is 0.630. The molecule has 0 saturated heterocycles. The fraction of sp³-hybridized carbons (Fsp3) is 0.364. The molecule has 0 unspecified atom stereocenters. The number of carbonyl (C=O) groups is 1. The van der Waals surface area contributed by atoms with E-state index in [1.165, 1.54) is 17.3 Å². The molecule has 5 heteroatoms. The first-order chi connectivity index (χ1) is 12.9. The number of thioether (sulfide) groups is 1. The molecule has 0 aliphatic rings. The van der Waals surface area contributed by atoms with E-state index in [0.717, 1.165) is 4.90 Å². The number of amides is 1. The molecule has 0 N–H and O–H groups in total. The van der Waals surface area contributed by atoms with Crippen LogP contribution in [-0.4, -0.2) is 25.3 Å². The zero-order valence-electron chi connectivity index (χ0n) is 16.4. The number of hydrogen-bond acceptors (Lipinski definition) is 4. The first kappa shape index (κ1) is 20.9. The fourth-order valence-electron chi connectivity index (χ4n) is 2.67. The van der Waals surface area contributed by atoms with Crippen LogP contribution >= 0.6 is 11.8 Å². The lowest BCUT2D eigenvalue weighted by atomic mass is 9.87. The maximum Gasteiger partial charge on any atom is 0.237 e. The molecule has 27 heavy (non-hydrogen) atoms. The number of hydrogen-bond donors (Lipinski definition) is 0. The van der Waals surface area contributed by atoms with Gasteiger partial charge >= 0.3 is 0 Å². The third-order valence-corrected chi connectivity index (χ3v) is 5.20. The second kappa shape index (κ2) is 9.48. The number of nitrogens with zero attached hydrogens (tertiary/aromatic N) is 2. The minimum absolute atomic E-state index is 0.0420. The molecule has 2 rings (SSSR count). The minimum Gasteiger partial charge on any atom is -0.495 e. The van der Waals surface area contributed by atoms with Gasteiger partial charge in [0.15, 0.2) is 0 Å². The van der Waals surface area contributed by atoms with E-state index in [4.69, 9.17) is 10.00 Å². The standard InChI is InChI=1S/C22H26N2O2S/c1-22(2,3)17-10-12-18(13-11-17)27-16-21(25)24(15-7-14-23)19-8-5-6-9-20(19)26-4/h5-6,8-13H,7,15-16H2,1-4H3. The van der Waals surface area contributed by atoms with E-state index in [1.54, 1.807) is 12.0 Å². The number of benzene rings is 2. The van der Waals surface area contributed by atoms with Gasteiger partial charge in [0.05, 0.1) is 31.0 Å². The van der Waals surface area contributed by atoms with Gasteiger partial charge in [-0.05, 0) is 35.2 Å². The molecule has 0 heterocycles. The van der Waals surface area contributed by atoms with Crippen molar-refractivity contribution in [3.8, 4) is 11.8 Å². The van der Waals surface area contributed by atoms with Crippen molar-refractivity contribution in [2.45, 2.75) is 37.5 Å². The predicted octanol–water partition coefficient (Wildman–Crippen LogP) is 5.03.